The largest absolute Gasteiger partial charge is 0.481 e. The highest BCUT2D eigenvalue weighted by Crippen LogP contribution is 2.10. The molecule has 0 aromatic heterocycles. The Morgan fingerprint density at radius 3 is 2.46 bits per heavy atom. The SMILES string of the molecule is C[C@@H](CCN1CCCC1)C(=O)O.Cl. The fourth-order valence-corrected chi connectivity index (χ4v) is 1.51. The molecule has 1 N–H and O–H groups in total. The molecule has 1 aliphatic rings. The molecule has 0 aliphatic carbocycles. The van der Waals surface area contributed by atoms with Crippen LogP contribution in [-0.4, -0.2) is 35.6 Å². The number of aliphatic carboxylic acids is 1. The molecule has 0 radical (unpaired) electrons. The van der Waals surface area contributed by atoms with Crippen LogP contribution in [0.15, 0.2) is 0 Å². The van der Waals surface area contributed by atoms with Gasteiger partial charge in [0.05, 0.1) is 5.92 Å². The van der Waals surface area contributed by atoms with Gasteiger partial charge in [-0.05, 0) is 38.9 Å². The van der Waals surface area contributed by atoms with Gasteiger partial charge in [-0.3, -0.25) is 4.79 Å². The predicted molar refractivity (Wildman–Crippen MR) is 54.3 cm³/mol. The third kappa shape index (κ3) is 4.48. The molecule has 0 saturated carbocycles. The lowest BCUT2D eigenvalue weighted by Crippen LogP contribution is -2.24. The second-order valence-electron chi connectivity index (χ2n) is 3.58. The molecule has 1 aliphatic heterocycles. The number of likely N-dealkylation sites (tertiary alicyclic amines) is 1. The maximum Gasteiger partial charge on any atom is 0.306 e. The van der Waals surface area contributed by atoms with Crippen LogP contribution in [0.4, 0.5) is 0 Å². The lowest BCUT2D eigenvalue weighted by Gasteiger charge is -2.15. The van der Waals surface area contributed by atoms with Crippen molar-refractivity contribution in [1.82, 2.24) is 4.90 Å². The Morgan fingerprint density at radius 2 is 2.00 bits per heavy atom. The first-order valence-corrected chi connectivity index (χ1v) is 4.65. The van der Waals surface area contributed by atoms with Crippen molar-refractivity contribution in [2.45, 2.75) is 26.2 Å². The molecule has 1 rings (SSSR count). The van der Waals surface area contributed by atoms with Gasteiger partial charge in [0.1, 0.15) is 0 Å². The van der Waals surface area contributed by atoms with Crippen molar-refractivity contribution in [3.63, 3.8) is 0 Å². The highest BCUT2D eigenvalue weighted by atomic mass is 35.5. The summed E-state index contributed by atoms with van der Waals surface area (Å²) in [6.45, 7) is 5.05. The van der Waals surface area contributed by atoms with Crippen LogP contribution in [0.2, 0.25) is 0 Å². The normalized spacial score (nSPS) is 19.5. The number of hydrogen-bond donors (Lipinski definition) is 1. The number of nitrogens with zero attached hydrogens (tertiary/aromatic N) is 1. The van der Waals surface area contributed by atoms with E-state index in [2.05, 4.69) is 4.90 Å². The van der Waals surface area contributed by atoms with Crippen molar-refractivity contribution in [2.75, 3.05) is 19.6 Å². The third-order valence-electron chi connectivity index (χ3n) is 2.50. The standard InChI is InChI=1S/C9H17NO2.ClH/c1-8(9(11)12)4-7-10-5-2-3-6-10;/h8H,2-7H2,1H3,(H,11,12);1H/t8-;/m0./s1. The van der Waals surface area contributed by atoms with Crippen LogP contribution in [0.1, 0.15) is 26.2 Å². The average molecular weight is 208 g/mol. The van der Waals surface area contributed by atoms with E-state index >= 15 is 0 Å². The molecule has 0 amide bonds. The second kappa shape index (κ2) is 6.22. The summed E-state index contributed by atoms with van der Waals surface area (Å²) in [6.07, 6.45) is 3.35. The van der Waals surface area contributed by atoms with E-state index in [-0.39, 0.29) is 18.3 Å². The van der Waals surface area contributed by atoms with Gasteiger partial charge in [-0.25, -0.2) is 0 Å². The Bertz CT molecular complexity index is 158. The fourth-order valence-electron chi connectivity index (χ4n) is 1.51. The number of carbonyl (C=O) groups is 1. The summed E-state index contributed by atoms with van der Waals surface area (Å²) >= 11 is 0. The monoisotopic (exact) mass is 207 g/mol. The minimum atomic E-state index is -0.672. The Hall–Kier alpha value is -0.280. The van der Waals surface area contributed by atoms with Crippen LogP contribution < -0.4 is 0 Å². The molecular formula is C9H18ClNO2. The summed E-state index contributed by atoms with van der Waals surface area (Å²) < 4.78 is 0. The molecule has 0 bridgehead atoms. The number of rotatable bonds is 4. The molecule has 13 heavy (non-hydrogen) atoms. The summed E-state index contributed by atoms with van der Waals surface area (Å²) in [4.78, 5) is 12.8. The van der Waals surface area contributed by atoms with Crippen molar-refractivity contribution in [1.29, 1.82) is 0 Å². The van der Waals surface area contributed by atoms with E-state index in [4.69, 9.17) is 5.11 Å². The smallest absolute Gasteiger partial charge is 0.306 e. The van der Waals surface area contributed by atoms with Crippen LogP contribution in [0, 0.1) is 5.92 Å². The van der Waals surface area contributed by atoms with Crippen molar-refractivity contribution in [2.24, 2.45) is 5.92 Å². The molecule has 1 atom stereocenters. The van der Waals surface area contributed by atoms with E-state index in [1.165, 1.54) is 12.8 Å². The van der Waals surface area contributed by atoms with Gasteiger partial charge >= 0.3 is 5.97 Å². The highest BCUT2D eigenvalue weighted by Gasteiger charge is 2.15. The lowest BCUT2D eigenvalue weighted by molar-refractivity contribution is -0.141. The lowest BCUT2D eigenvalue weighted by atomic mass is 10.1. The van der Waals surface area contributed by atoms with Gasteiger partial charge in [0.25, 0.3) is 0 Å². The molecule has 1 fully saturated rings. The Kier molecular flexibility index (Phi) is 6.08. The van der Waals surface area contributed by atoms with Crippen molar-refractivity contribution in [3.8, 4) is 0 Å². The van der Waals surface area contributed by atoms with E-state index in [9.17, 15) is 4.79 Å². The van der Waals surface area contributed by atoms with Crippen LogP contribution in [0.5, 0.6) is 0 Å². The van der Waals surface area contributed by atoms with Crippen LogP contribution in [-0.2, 0) is 4.79 Å². The van der Waals surface area contributed by atoms with E-state index in [0.29, 0.717) is 0 Å². The van der Waals surface area contributed by atoms with Crippen molar-refractivity contribution < 1.29 is 9.90 Å². The summed E-state index contributed by atoms with van der Waals surface area (Å²) in [7, 11) is 0. The molecule has 4 heteroatoms. The Balaban J connectivity index is 0.00000144. The minimum absolute atomic E-state index is 0. The van der Waals surface area contributed by atoms with Crippen molar-refractivity contribution in [3.05, 3.63) is 0 Å². The minimum Gasteiger partial charge on any atom is -0.481 e. The zero-order valence-electron chi connectivity index (χ0n) is 8.03. The number of carboxylic acid groups (broad SMARTS) is 1. The van der Waals surface area contributed by atoms with Crippen LogP contribution in [0.25, 0.3) is 0 Å². The van der Waals surface area contributed by atoms with Gasteiger partial charge in [0.15, 0.2) is 0 Å². The van der Waals surface area contributed by atoms with Gasteiger partial charge in [-0.1, -0.05) is 6.92 Å². The zero-order chi connectivity index (χ0) is 8.97. The molecule has 0 spiro atoms. The zero-order valence-corrected chi connectivity index (χ0v) is 8.85. The molecule has 0 aromatic carbocycles. The highest BCUT2D eigenvalue weighted by molar-refractivity contribution is 5.85. The number of carboxylic acids is 1. The fraction of sp³-hybridized carbons (Fsp3) is 0.889. The first-order valence-electron chi connectivity index (χ1n) is 4.65. The maximum absolute atomic E-state index is 10.5. The summed E-state index contributed by atoms with van der Waals surface area (Å²) in [5, 5.41) is 8.64. The predicted octanol–water partition coefficient (Wildman–Crippen LogP) is 1.61. The molecule has 78 valence electrons. The van der Waals surface area contributed by atoms with E-state index < -0.39 is 5.97 Å². The molecule has 0 aromatic rings. The van der Waals surface area contributed by atoms with Crippen molar-refractivity contribution >= 4 is 18.4 Å². The topological polar surface area (TPSA) is 40.5 Å². The average Bonchev–Trinajstić information content (AvgIpc) is 2.51. The molecule has 1 heterocycles. The second-order valence-corrected chi connectivity index (χ2v) is 3.58. The molecule has 0 unspecified atom stereocenters. The van der Waals surface area contributed by atoms with E-state index in [1.807, 2.05) is 0 Å². The van der Waals surface area contributed by atoms with Gasteiger partial charge in [-0.15, -0.1) is 12.4 Å². The quantitative estimate of drug-likeness (QED) is 0.762. The Morgan fingerprint density at radius 1 is 1.46 bits per heavy atom. The van der Waals surface area contributed by atoms with E-state index in [0.717, 1.165) is 26.1 Å². The number of halogens is 1. The van der Waals surface area contributed by atoms with Gasteiger partial charge in [-0.2, -0.15) is 0 Å². The first kappa shape index (κ1) is 12.7. The summed E-state index contributed by atoms with van der Waals surface area (Å²) in [6, 6.07) is 0. The Labute approximate surface area is 85.5 Å². The molecule has 1 saturated heterocycles. The molecule has 3 nitrogen and oxygen atoms in total. The first-order chi connectivity index (χ1) is 5.70. The van der Waals surface area contributed by atoms with Crippen LogP contribution >= 0.6 is 12.4 Å². The van der Waals surface area contributed by atoms with Gasteiger partial charge in [0, 0.05) is 0 Å². The third-order valence-corrected chi connectivity index (χ3v) is 2.50. The van der Waals surface area contributed by atoms with Gasteiger partial charge < -0.3 is 10.0 Å². The summed E-state index contributed by atoms with van der Waals surface area (Å²) in [5.74, 6) is -0.861. The number of hydrogen-bond acceptors (Lipinski definition) is 2. The van der Waals surface area contributed by atoms with E-state index in [1.54, 1.807) is 6.92 Å². The molecular weight excluding hydrogens is 190 g/mol. The maximum atomic E-state index is 10.5. The summed E-state index contributed by atoms with van der Waals surface area (Å²) in [5.41, 5.74) is 0. The van der Waals surface area contributed by atoms with Gasteiger partial charge in [0.2, 0.25) is 0 Å². The van der Waals surface area contributed by atoms with Crippen LogP contribution in [0.3, 0.4) is 0 Å².